The van der Waals surface area contributed by atoms with Crippen LogP contribution in [-0.2, 0) is 9.45 Å². The zero-order valence-electron chi connectivity index (χ0n) is 10.0. The number of unbranched alkanes of at least 4 members (excludes halogenated alkanes) is 1. The van der Waals surface area contributed by atoms with Crippen LogP contribution in [0.3, 0.4) is 0 Å². The lowest BCUT2D eigenvalue weighted by Gasteiger charge is -2.11. The van der Waals surface area contributed by atoms with Gasteiger partial charge in [-0.1, -0.05) is 12.1 Å². The van der Waals surface area contributed by atoms with E-state index < -0.39 is 7.12 Å². The molecule has 0 saturated carbocycles. The summed E-state index contributed by atoms with van der Waals surface area (Å²) < 4.78 is 10.9. The molecule has 3 N–H and O–H groups in total. The van der Waals surface area contributed by atoms with Gasteiger partial charge in [-0.25, -0.2) is 0 Å². The van der Waals surface area contributed by atoms with Crippen LogP contribution in [0.1, 0.15) is 24.5 Å². The number of hydrogen-bond donors (Lipinski definition) is 2. The molecule has 1 heterocycles. The lowest BCUT2D eigenvalue weighted by molar-refractivity contribution is -0.108. The van der Waals surface area contributed by atoms with E-state index in [4.69, 9.17) is 15.1 Å². The minimum Gasteiger partial charge on any atom is -0.494 e. The molecule has 2 rings (SSSR count). The van der Waals surface area contributed by atoms with Crippen LogP contribution in [0.5, 0.6) is 5.75 Å². The minimum atomic E-state index is -0.990. The van der Waals surface area contributed by atoms with Gasteiger partial charge < -0.3 is 24.9 Å². The quantitative estimate of drug-likeness (QED) is 0.413. The molecule has 1 unspecified atom stereocenters. The summed E-state index contributed by atoms with van der Waals surface area (Å²) >= 11 is 0. The van der Waals surface area contributed by atoms with Crippen molar-refractivity contribution in [2.45, 2.75) is 18.9 Å². The van der Waals surface area contributed by atoms with E-state index >= 15 is 0 Å². The Labute approximate surface area is 106 Å². The fourth-order valence-corrected chi connectivity index (χ4v) is 2.06. The van der Waals surface area contributed by atoms with Crippen molar-refractivity contribution in [3.63, 3.8) is 0 Å². The third-order valence-electron chi connectivity index (χ3n) is 2.92. The van der Waals surface area contributed by atoms with Crippen molar-refractivity contribution in [3.05, 3.63) is 23.8 Å². The van der Waals surface area contributed by atoms with E-state index in [0.29, 0.717) is 37.2 Å². The molecule has 1 atom stereocenters. The monoisotopic (exact) mass is 249 g/mol. The number of carbonyl (C=O) groups excluding carboxylic acids is 1. The van der Waals surface area contributed by atoms with Crippen molar-refractivity contribution in [2.75, 3.05) is 13.2 Å². The molecule has 0 aromatic heterocycles. The van der Waals surface area contributed by atoms with Crippen LogP contribution in [0.25, 0.3) is 0 Å². The summed E-state index contributed by atoms with van der Waals surface area (Å²) in [6.07, 6.45) is 1.71. The molecular formula is C12H16BNO4. The molecule has 6 heteroatoms. The number of aldehydes is 1. The van der Waals surface area contributed by atoms with Gasteiger partial charge in [-0.15, -0.1) is 0 Å². The molecule has 0 spiro atoms. The van der Waals surface area contributed by atoms with Crippen molar-refractivity contribution in [1.82, 2.24) is 0 Å². The van der Waals surface area contributed by atoms with E-state index in [1.807, 2.05) is 12.1 Å². The average Bonchev–Trinajstić information content (AvgIpc) is 2.72. The smallest absolute Gasteiger partial charge is 0.494 e. The third-order valence-corrected chi connectivity index (χ3v) is 2.92. The second kappa shape index (κ2) is 5.99. The van der Waals surface area contributed by atoms with E-state index in [0.717, 1.165) is 11.8 Å². The zero-order chi connectivity index (χ0) is 13.0. The molecule has 0 aliphatic carbocycles. The fraction of sp³-hybridized carbons (Fsp3) is 0.417. The van der Waals surface area contributed by atoms with Gasteiger partial charge in [0.2, 0.25) is 0 Å². The molecule has 1 aliphatic rings. The van der Waals surface area contributed by atoms with Crippen LogP contribution in [0.15, 0.2) is 18.2 Å². The van der Waals surface area contributed by atoms with Crippen molar-refractivity contribution < 1.29 is 19.2 Å². The van der Waals surface area contributed by atoms with Crippen molar-refractivity contribution in [2.24, 2.45) is 5.73 Å². The number of nitrogens with two attached hydrogens (primary N) is 1. The molecule has 0 saturated heterocycles. The van der Waals surface area contributed by atoms with Gasteiger partial charge in [-0.05, 0) is 18.1 Å². The average molecular weight is 249 g/mol. The van der Waals surface area contributed by atoms with Crippen LogP contribution in [0, 0.1) is 0 Å². The molecule has 0 amide bonds. The number of benzene rings is 1. The topological polar surface area (TPSA) is 81.8 Å². The summed E-state index contributed by atoms with van der Waals surface area (Å²) in [5, 5.41) is 9.85. The van der Waals surface area contributed by atoms with Crippen LogP contribution in [0.2, 0.25) is 0 Å². The minimum absolute atomic E-state index is 0.284. The number of hydrogen-bond acceptors (Lipinski definition) is 5. The first-order valence-electron chi connectivity index (χ1n) is 6.00. The molecule has 0 fully saturated rings. The largest absolute Gasteiger partial charge is 0.495 e. The van der Waals surface area contributed by atoms with Crippen LogP contribution in [-0.4, -0.2) is 31.6 Å². The lowest BCUT2D eigenvalue weighted by Crippen LogP contribution is -2.30. The normalized spacial score (nSPS) is 17.7. The first kappa shape index (κ1) is 13.1. The summed E-state index contributed by atoms with van der Waals surface area (Å²) in [4.78, 5) is 10.2. The molecule has 1 aromatic rings. The van der Waals surface area contributed by atoms with Crippen molar-refractivity contribution >= 4 is 18.9 Å². The molecule has 18 heavy (non-hydrogen) atoms. The first-order valence-corrected chi connectivity index (χ1v) is 6.00. The van der Waals surface area contributed by atoms with Gasteiger partial charge in [0.15, 0.2) is 0 Å². The Morgan fingerprint density at radius 1 is 1.56 bits per heavy atom. The highest BCUT2D eigenvalue weighted by molar-refractivity contribution is 6.62. The summed E-state index contributed by atoms with van der Waals surface area (Å²) in [6.45, 7) is 0.758. The predicted octanol–water partition coefficient (Wildman–Crippen LogP) is -0.238. The SMILES string of the molecule is NCC1OB(O)c2c(OCCCC=O)cccc21. The van der Waals surface area contributed by atoms with Gasteiger partial charge in [0.1, 0.15) is 12.0 Å². The Morgan fingerprint density at radius 3 is 3.11 bits per heavy atom. The lowest BCUT2D eigenvalue weighted by atomic mass is 9.78. The van der Waals surface area contributed by atoms with E-state index in [1.165, 1.54) is 0 Å². The summed E-state index contributed by atoms with van der Waals surface area (Å²) in [6, 6.07) is 5.50. The summed E-state index contributed by atoms with van der Waals surface area (Å²) in [7, 11) is -0.990. The summed E-state index contributed by atoms with van der Waals surface area (Å²) in [5.41, 5.74) is 7.11. The number of ether oxygens (including phenoxy) is 1. The Hall–Kier alpha value is -1.37. The van der Waals surface area contributed by atoms with E-state index in [-0.39, 0.29) is 6.10 Å². The highest BCUT2D eigenvalue weighted by Gasteiger charge is 2.37. The molecule has 1 aliphatic heterocycles. The maximum absolute atomic E-state index is 10.2. The van der Waals surface area contributed by atoms with Gasteiger partial charge in [-0.2, -0.15) is 0 Å². The van der Waals surface area contributed by atoms with Gasteiger partial charge >= 0.3 is 7.12 Å². The number of carbonyl (C=O) groups is 1. The van der Waals surface area contributed by atoms with E-state index in [9.17, 15) is 9.82 Å². The molecule has 0 radical (unpaired) electrons. The second-order valence-corrected chi connectivity index (χ2v) is 4.13. The van der Waals surface area contributed by atoms with Crippen molar-refractivity contribution in [1.29, 1.82) is 0 Å². The maximum atomic E-state index is 10.2. The molecule has 96 valence electrons. The Balaban J connectivity index is 2.12. The van der Waals surface area contributed by atoms with Gasteiger partial charge in [0.25, 0.3) is 0 Å². The highest BCUT2D eigenvalue weighted by atomic mass is 16.5. The molecule has 0 bridgehead atoms. The van der Waals surface area contributed by atoms with Gasteiger partial charge in [0, 0.05) is 18.4 Å². The first-order chi connectivity index (χ1) is 8.77. The molecule has 1 aromatic carbocycles. The number of rotatable bonds is 6. The standard InChI is InChI=1S/C12H16BNO4/c14-8-11-9-4-3-5-10(12(9)13(16)18-11)17-7-2-1-6-15/h3-6,11,16H,1-2,7-8,14H2. The second-order valence-electron chi connectivity index (χ2n) is 4.13. The van der Waals surface area contributed by atoms with Crippen molar-refractivity contribution in [3.8, 4) is 5.75 Å². The summed E-state index contributed by atoms with van der Waals surface area (Å²) in [5.74, 6) is 0.599. The van der Waals surface area contributed by atoms with Crippen LogP contribution >= 0.6 is 0 Å². The molecule has 5 nitrogen and oxygen atoms in total. The van der Waals surface area contributed by atoms with E-state index in [1.54, 1.807) is 6.07 Å². The zero-order valence-corrected chi connectivity index (χ0v) is 10.0. The Bertz CT molecular complexity index is 427. The van der Waals surface area contributed by atoms with Crippen LogP contribution in [0.4, 0.5) is 0 Å². The number of fused-ring (bicyclic) bond motifs is 1. The fourth-order valence-electron chi connectivity index (χ4n) is 2.06. The maximum Gasteiger partial charge on any atom is 0.495 e. The Kier molecular flexibility index (Phi) is 4.35. The highest BCUT2D eigenvalue weighted by Crippen LogP contribution is 2.26. The van der Waals surface area contributed by atoms with Gasteiger partial charge in [-0.3, -0.25) is 0 Å². The van der Waals surface area contributed by atoms with Crippen LogP contribution < -0.4 is 15.9 Å². The van der Waals surface area contributed by atoms with E-state index in [2.05, 4.69) is 0 Å². The predicted molar refractivity (Wildman–Crippen MR) is 67.7 cm³/mol. The molecular weight excluding hydrogens is 233 g/mol. The van der Waals surface area contributed by atoms with Gasteiger partial charge in [0.05, 0.1) is 12.7 Å². The Morgan fingerprint density at radius 2 is 2.39 bits per heavy atom. The third kappa shape index (κ3) is 2.55.